The Balaban J connectivity index is 1.76. The fourth-order valence-corrected chi connectivity index (χ4v) is 7.85. The molecule has 0 fully saturated rings. The van der Waals surface area contributed by atoms with E-state index in [1.54, 1.807) is 33.8 Å². The maximum Gasteiger partial charge on any atom is 0.187 e. The van der Waals surface area contributed by atoms with Crippen LogP contribution in [0.3, 0.4) is 0 Å². The Morgan fingerprint density at radius 1 is 1.34 bits per heavy atom. The van der Waals surface area contributed by atoms with Crippen LogP contribution >= 0.6 is 11.6 Å². The summed E-state index contributed by atoms with van der Waals surface area (Å²) in [5.74, 6) is -0.688. The lowest BCUT2D eigenvalue weighted by atomic mass is 9.89. The largest absolute Gasteiger partial charge is 0.386 e. The van der Waals surface area contributed by atoms with E-state index >= 15 is 4.39 Å². The van der Waals surface area contributed by atoms with Gasteiger partial charge in [-0.15, -0.1) is 0 Å². The molecule has 0 aromatic carbocycles. The third kappa shape index (κ3) is 3.33. The first-order chi connectivity index (χ1) is 14.9. The SMILES string of the molecule is Cc1cc(Cl)cnc1C(=O)Cc1ccc(F)c([C@@]2(C)N=C(N)C(C)(C)[S@]3(=O)=NCC[C@H]23)n1. The van der Waals surface area contributed by atoms with Crippen molar-refractivity contribution in [2.45, 2.75) is 56.1 Å². The van der Waals surface area contributed by atoms with Crippen molar-refractivity contribution in [2.75, 3.05) is 6.54 Å². The lowest BCUT2D eigenvalue weighted by Gasteiger charge is -2.44. The highest BCUT2D eigenvalue weighted by molar-refractivity contribution is 7.96. The molecule has 3 atom stereocenters. The molecule has 4 heterocycles. The van der Waals surface area contributed by atoms with Crippen LogP contribution in [-0.2, 0) is 21.7 Å². The fourth-order valence-electron chi connectivity index (χ4n) is 4.49. The van der Waals surface area contributed by atoms with E-state index in [0.29, 0.717) is 29.2 Å². The highest BCUT2D eigenvalue weighted by Gasteiger charge is 2.57. The number of carbonyl (C=O) groups is 1. The molecular weight excluding hydrogens is 453 g/mol. The maximum absolute atomic E-state index is 15.1. The smallest absolute Gasteiger partial charge is 0.187 e. The average Bonchev–Trinajstić information content (AvgIpc) is 3.13. The van der Waals surface area contributed by atoms with Gasteiger partial charge in [0.25, 0.3) is 0 Å². The van der Waals surface area contributed by atoms with Crippen molar-refractivity contribution in [3.8, 4) is 0 Å². The second-order valence-corrected chi connectivity index (χ2v) is 12.3. The molecule has 0 aliphatic carbocycles. The molecule has 0 unspecified atom stereocenters. The summed E-state index contributed by atoms with van der Waals surface area (Å²) in [5.41, 5.74) is 6.30. The zero-order chi connectivity index (χ0) is 23.5. The van der Waals surface area contributed by atoms with E-state index in [2.05, 4.69) is 19.3 Å². The number of aromatic nitrogens is 2. The second-order valence-electron chi connectivity index (χ2n) is 8.91. The number of hydrogen-bond donors (Lipinski definition) is 1. The lowest BCUT2D eigenvalue weighted by Crippen LogP contribution is -2.58. The van der Waals surface area contributed by atoms with Gasteiger partial charge in [-0.05, 0) is 57.9 Å². The normalized spacial score (nSPS) is 28.6. The van der Waals surface area contributed by atoms with Crippen molar-refractivity contribution in [3.63, 3.8) is 0 Å². The second kappa shape index (κ2) is 7.59. The first-order valence-electron chi connectivity index (χ1n) is 10.3. The molecule has 2 aliphatic heterocycles. The molecule has 4 rings (SSSR count). The summed E-state index contributed by atoms with van der Waals surface area (Å²) in [6.07, 6.45) is 1.83. The number of aliphatic imine (C=N–C) groups is 1. The number of pyridine rings is 2. The molecule has 170 valence electrons. The number of nitrogens with two attached hydrogens (primary N) is 1. The van der Waals surface area contributed by atoms with Gasteiger partial charge in [-0.1, -0.05) is 11.6 Å². The molecule has 10 heteroatoms. The fraction of sp³-hybridized carbons (Fsp3) is 0.455. The van der Waals surface area contributed by atoms with Gasteiger partial charge in [0, 0.05) is 18.4 Å². The number of aryl methyl sites for hydroxylation is 1. The zero-order valence-corrected chi connectivity index (χ0v) is 19.9. The van der Waals surface area contributed by atoms with Gasteiger partial charge in [0.1, 0.15) is 33.3 Å². The van der Waals surface area contributed by atoms with Crippen molar-refractivity contribution < 1.29 is 13.4 Å². The third-order valence-corrected chi connectivity index (χ3v) is 10.3. The summed E-state index contributed by atoms with van der Waals surface area (Å²) >= 11 is 5.93. The first-order valence-corrected chi connectivity index (χ1v) is 12.2. The number of ketones is 1. The molecule has 2 aromatic rings. The molecule has 2 N–H and O–H groups in total. The molecule has 0 spiro atoms. The Labute approximate surface area is 191 Å². The van der Waals surface area contributed by atoms with Gasteiger partial charge >= 0.3 is 0 Å². The number of rotatable bonds is 4. The predicted molar refractivity (Wildman–Crippen MR) is 123 cm³/mol. The van der Waals surface area contributed by atoms with E-state index in [-0.39, 0.29) is 29.4 Å². The van der Waals surface area contributed by atoms with E-state index in [9.17, 15) is 9.00 Å². The topological polar surface area (TPSA) is 111 Å². The van der Waals surface area contributed by atoms with Crippen molar-refractivity contribution in [2.24, 2.45) is 15.1 Å². The number of nitrogens with zero attached hydrogens (tertiary/aromatic N) is 4. The summed E-state index contributed by atoms with van der Waals surface area (Å²) in [7, 11) is -2.81. The monoisotopic (exact) mass is 477 g/mol. The van der Waals surface area contributed by atoms with Crippen LogP contribution in [0.4, 0.5) is 4.39 Å². The highest BCUT2D eigenvalue weighted by Crippen LogP contribution is 2.47. The molecule has 2 aromatic heterocycles. The molecule has 0 amide bonds. The molecule has 7 nitrogen and oxygen atoms in total. The van der Waals surface area contributed by atoms with E-state index in [1.165, 1.54) is 18.3 Å². The summed E-state index contributed by atoms with van der Waals surface area (Å²) in [6, 6.07) is 4.38. The average molecular weight is 478 g/mol. The quantitative estimate of drug-likeness (QED) is 0.676. The van der Waals surface area contributed by atoms with Gasteiger partial charge in [0.2, 0.25) is 0 Å². The minimum absolute atomic E-state index is 0.0249. The Morgan fingerprint density at radius 3 is 2.75 bits per heavy atom. The van der Waals surface area contributed by atoms with Crippen molar-refractivity contribution in [1.82, 2.24) is 9.97 Å². The number of amidine groups is 1. The van der Waals surface area contributed by atoms with Gasteiger partial charge in [0.05, 0.1) is 26.4 Å². The number of Topliss-reactive ketones (excluding diaryl/α,β-unsaturated/α-hetero) is 1. The number of carbonyl (C=O) groups excluding carboxylic acids is 1. The third-order valence-electron chi connectivity index (χ3n) is 6.42. The van der Waals surface area contributed by atoms with E-state index < -0.39 is 31.1 Å². The Kier molecular flexibility index (Phi) is 5.40. The van der Waals surface area contributed by atoms with Crippen LogP contribution in [0, 0.1) is 12.7 Å². The van der Waals surface area contributed by atoms with Crippen molar-refractivity contribution >= 4 is 32.9 Å². The van der Waals surface area contributed by atoms with Crippen LogP contribution in [0.15, 0.2) is 33.8 Å². The lowest BCUT2D eigenvalue weighted by molar-refractivity contribution is 0.0986. The Morgan fingerprint density at radius 2 is 2.06 bits per heavy atom. The summed E-state index contributed by atoms with van der Waals surface area (Å²) in [5, 5.41) is -0.0964. The van der Waals surface area contributed by atoms with Gasteiger partial charge in [-0.2, -0.15) is 0 Å². The number of halogens is 2. The van der Waals surface area contributed by atoms with Crippen molar-refractivity contribution in [3.05, 3.63) is 57.9 Å². The number of hydrogen-bond acceptors (Lipinski definition) is 7. The summed E-state index contributed by atoms with van der Waals surface area (Å²) in [4.78, 5) is 26.0. The highest BCUT2D eigenvalue weighted by atomic mass is 35.5. The minimum Gasteiger partial charge on any atom is -0.386 e. The van der Waals surface area contributed by atoms with Crippen LogP contribution in [0.1, 0.15) is 54.6 Å². The molecule has 0 bridgehead atoms. The molecule has 0 radical (unpaired) electrons. The molecule has 0 saturated heterocycles. The molecule has 2 aliphatic rings. The molecule has 32 heavy (non-hydrogen) atoms. The van der Waals surface area contributed by atoms with Gasteiger partial charge in [-0.25, -0.2) is 13.0 Å². The Hall–Kier alpha value is -2.39. The molecular formula is C22H25ClFN5O2S. The van der Waals surface area contributed by atoms with Crippen LogP contribution < -0.4 is 5.73 Å². The van der Waals surface area contributed by atoms with Gasteiger partial charge in [0.15, 0.2) is 5.78 Å². The maximum atomic E-state index is 15.1. The summed E-state index contributed by atoms with van der Waals surface area (Å²) in [6.45, 7) is 7.36. The van der Waals surface area contributed by atoms with Gasteiger partial charge < -0.3 is 5.73 Å². The van der Waals surface area contributed by atoms with E-state index in [1.807, 2.05) is 0 Å². The van der Waals surface area contributed by atoms with Crippen LogP contribution in [0.2, 0.25) is 5.02 Å². The molecule has 0 saturated carbocycles. The van der Waals surface area contributed by atoms with Crippen LogP contribution in [0.5, 0.6) is 0 Å². The van der Waals surface area contributed by atoms with Crippen molar-refractivity contribution in [1.29, 1.82) is 0 Å². The standard InChI is InChI=1S/C22H25ClFN5O2S/c1-12-9-13(23)11-26-18(12)16(30)10-14-5-6-15(24)19(28-14)22(4)17-7-8-27-32(17,31)21(2,3)20(25)29-22/h5-6,9,11,17H,7-8,10H2,1-4H3,(H2,25,29)/t17-,22+,32+/m1/s1. The Bertz CT molecular complexity index is 1290. The minimum atomic E-state index is -2.81. The zero-order valence-electron chi connectivity index (χ0n) is 18.4. The predicted octanol–water partition coefficient (Wildman–Crippen LogP) is 3.61. The number of fused-ring (bicyclic) bond motifs is 1. The van der Waals surface area contributed by atoms with E-state index in [0.717, 1.165) is 0 Å². The van der Waals surface area contributed by atoms with Crippen LogP contribution in [0.25, 0.3) is 0 Å². The van der Waals surface area contributed by atoms with Crippen LogP contribution in [-0.4, -0.2) is 42.3 Å². The first kappa shape index (κ1) is 22.8. The van der Waals surface area contributed by atoms with Gasteiger partial charge in [-0.3, -0.25) is 19.8 Å². The van der Waals surface area contributed by atoms with E-state index in [4.69, 9.17) is 17.3 Å². The summed E-state index contributed by atoms with van der Waals surface area (Å²) < 4.78 is 32.4.